The van der Waals surface area contributed by atoms with Crippen LogP contribution in [-0.4, -0.2) is 12.3 Å². The molecule has 88 heavy (non-hydrogen) atoms. The second-order valence-corrected chi connectivity index (χ2v) is 30.6. The van der Waals surface area contributed by atoms with Crippen LogP contribution in [-0.2, 0) is 27.1 Å². The van der Waals surface area contributed by atoms with Crippen molar-refractivity contribution in [2.45, 2.75) is 155 Å². The normalized spacial score (nSPS) is 17.9. The third-order valence-corrected chi connectivity index (χ3v) is 20.9. The summed E-state index contributed by atoms with van der Waals surface area (Å²) in [5, 5.41) is 0. The van der Waals surface area contributed by atoms with Crippen LogP contribution in [0.2, 0.25) is 0 Å². The predicted octanol–water partition coefficient (Wildman–Crippen LogP) is 21.4. The van der Waals surface area contributed by atoms with E-state index in [1.807, 2.05) is 0 Å². The third-order valence-electron chi connectivity index (χ3n) is 20.9. The molecule has 3 heterocycles. The molecule has 2 unspecified atom stereocenters. The smallest absolute Gasteiger partial charge is 0.252 e. The minimum absolute atomic E-state index is 0.0752. The maximum atomic E-state index is 2.84. The molecule has 3 nitrogen and oxygen atoms in total. The van der Waals surface area contributed by atoms with Gasteiger partial charge in [-0.15, -0.1) is 0 Å². The first-order chi connectivity index (χ1) is 41.9. The number of hydrogen-bond donors (Lipinski definition) is 0. The van der Waals surface area contributed by atoms with Crippen LogP contribution in [0.4, 0.5) is 45.5 Å². The van der Waals surface area contributed by atoms with Gasteiger partial charge in [-0.05, 0) is 180 Å². The molecule has 0 saturated heterocycles. The number of hydrogen-bond acceptors (Lipinski definition) is 3. The second-order valence-electron chi connectivity index (χ2n) is 30.6. The van der Waals surface area contributed by atoms with Crippen molar-refractivity contribution in [2.75, 3.05) is 14.7 Å². The highest BCUT2D eigenvalue weighted by Crippen LogP contribution is 2.63. The minimum atomic E-state index is -0.246. The summed E-state index contributed by atoms with van der Waals surface area (Å²) in [6, 6.07) is 85.1. The molecule has 1 aliphatic carbocycles. The number of fused-ring (bicyclic) bond motifs is 7. The fourth-order valence-corrected chi connectivity index (χ4v) is 15.5. The first-order valence-electron chi connectivity index (χ1n) is 32.5. The van der Waals surface area contributed by atoms with Crippen LogP contribution < -0.4 is 31.1 Å². The Morgan fingerprint density at radius 3 is 1.25 bits per heavy atom. The SMILES string of the molecule is CC(C)(C)c1ccc(-c2ccc3c(c2)C2(C)CCCCC2(C)N3c2cc3c4c(c2)N(c2ccc(C(C)(C)C)cc2-c2ccccc2)c2cc(C(C)(C)C)ccc2B4c2ccc(-c4ccccc4)cc2N3c2ccc(C(C)(C)C)cc2-c2ccccc2)cc1. The van der Waals surface area contributed by atoms with Crippen LogP contribution in [0.5, 0.6) is 0 Å². The molecule has 0 spiro atoms. The molecule has 10 aromatic rings. The molecule has 0 radical (unpaired) electrons. The molecular formula is C84H86BN3. The van der Waals surface area contributed by atoms with Crippen molar-refractivity contribution in [3.8, 4) is 44.5 Å². The monoisotopic (exact) mass is 1150 g/mol. The van der Waals surface area contributed by atoms with Crippen LogP contribution in [0.15, 0.2) is 218 Å². The first-order valence-corrected chi connectivity index (χ1v) is 32.5. The topological polar surface area (TPSA) is 9.72 Å². The summed E-state index contributed by atoms with van der Waals surface area (Å²) in [4.78, 5) is 8.26. The van der Waals surface area contributed by atoms with Gasteiger partial charge in [0.2, 0.25) is 0 Å². The van der Waals surface area contributed by atoms with Crippen LogP contribution in [0.3, 0.4) is 0 Å². The van der Waals surface area contributed by atoms with Gasteiger partial charge in [-0.1, -0.05) is 261 Å². The molecule has 2 atom stereocenters. The van der Waals surface area contributed by atoms with Gasteiger partial charge in [-0.3, -0.25) is 0 Å². The van der Waals surface area contributed by atoms with Crippen molar-refractivity contribution >= 4 is 68.6 Å². The zero-order chi connectivity index (χ0) is 61.5. The van der Waals surface area contributed by atoms with E-state index in [4.69, 9.17) is 0 Å². The minimum Gasteiger partial charge on any atom is -0.334 e. The van der Waals surface area contributed by atoms with Crippen LogP contribution in [0.25, 0.3) is 44.5 Å². The lowest BCUT2D eigenvalue weighted by atomic mass is 9.33. The van der Waals surface area contributed by atoms with Gasteiger partial charge in [-0.25, -0.2) is 0 Å². The van der Waals surface area contributed by atoms with E-state index in [9.17, 15) is 0 Å². The Labute approximate surface area is 526 Å². The number of rotatable bonds is 7. The van der Waals surface area contributed by atoms with E-state index >= 15 is 0 Å². The highest BCUT2D eigenvalue weighted by molar-refractivity contribution is 7.00. The van der Waals surface area contributed by atoms with Crippen molar-refractivity contribution in [3.05, 3.63) is 246 Å². The number of nitrogens with zero attached hydrogens (tertiary/aromatic N) is 3. The van der Waals surface area contributed by atoms with E-state index in [1.165, 1.54) is 147 Å². The fraction of sp³-hybridized carbons (Fsp3) is 0.286. The maximum absolute atomic E-state index is 2.84. The zero-order valence-electron chi connectivity index (χ0n) is 54.5. The Kier molecular flexibility index (Phi) is 13.5. The van der Waals surface area contributed by atoms with E-state index in [1.54, 1.807) is 0 Å². The molecule has 4 aliphatic rings. The van der Waals surface area contributed by atoms with Crippen LogP contribution in [0.1, 0.15) is 150 Å². The van der Waals surface area contributed by atoms with E-state index in [0.29, 0.717) is 0 Å². The van der Waals surface area contributed by atoms with E-state index < -0.39 is 0 Å². The molecule has 14 rings (SSSR count). The Bertz CT molecular complexity index is 4340. The second kappa shape index (κ2) is 20.6. The van der Waals surface area contributed by atoms with Crippen molar-refractivity contribution in [3.63, 3.8) is 0 Å². The van der Waals surface area contributed by atoms with Crippen molar-refractivity contribution in [1.29, 1.82) is 0 Å². The van der Waals surface area contributed by atoms with Gasteiger partial charge < -0.3 is 14.7 Å². The summed E-state index contributed by atoms with van der Waals surface area (Å²) in [7, 11) is 0. The molecule has 4 heteroatoms. The number of anilines is 8. The molecule has 1 saturated carbocycles. The average molecular weight is 1150 g/mol. The highest BCUT2D eigenvalue weighted by Gasteiger charge is 2.58. The molecule has 1 fully saturated rings. The molecule has 10 aromatic carbocycles. The quantitative estimate of drug-likeness (QED) is 0.147. The van der Waals surface area contributed by atoms with Crippen LogP contribution in [0, 0.1) is 0 Å². The fourth-order valence-electron chi connectivity index (χ4n) is 15.5. The zero-order valence-corrected chi connectivity index (χ0v) is 54.5. The summed E-state index contributed by atoms with van der Waals surface area (Å²) in [6.07, 6.45) is 4.58. The Balaban J connectivity index is 1.13. The molecule has 3 aliphatic heterocycles. The van der Waals surface area contributed by atoms with Crippen LogP contribution >= 0.6 is 0 Å². The van der Waals surface area contributed by atoms with Crippen molar-refractivity contribution in [2.24, 2.45) is 0 Å². The predicted molar refractivity (Wildman–Crippen MR) is 380 cm³/mol. The van der Waals surface area contributed by atoms with Gasteiger partial charge >= 0.3 is 0 Å². The molecule has 440 valence electrons. The van der Waals surface area contributed by atoms with Gasteiger partial charge in [0.15, 0.2) is 0 Å². The maximum Gasteiger partial charge on any atom is 0.252 e. The van der Waals surface area contributed by atoms with E-state index in [0.717, 1.165) is 12.8 Å². The third kappa shape index (κ3) is 9.37. The Hall–Kier alpha value is -8.34. The van der Waals surface area contributed by atoms with Gasteiger partial charge in [0.25, 0.3) is 6.71 Å². The lowest BCUT2D eigenvalue weighted by Crippen LogP contribution is -2.61. The van der Waals surface area contributed by atoms with E-state index in [2.05, 4.69) is 330 Å². The van der Waals surface area contributed by atoms with Gasteiger partial charge in [-0.2, -0.15) is 0 Å². The largest absolute Gasteiger partial charge is 0.334 e. The van der Waals surface area contributed by atoms with Gasteiger partial charge in [0.05, 0.1) is 16.9 Å². The summed E-state index contributed by atoms with van der Waals surface area (Å²) in [6.45, 7) is 33.2. The number of benzene rings is 10. The first kappa shape index (κ1) is 57.4. The summed E-state index contributed by atoms with van der Waals surface area (Å²) < 4.78 is 0. The molecular weight excluding hydrogens is 1060 g/mol. The molecule has 0 bridgehead atoms. The average Bonchev–Trinajstić information content (AvgIpc) is 0.940. The lowest BCUT2D eigenvalue weighted by molar-refractivity contribution is 0.195. The van der Waals surface area contributed by atoms with E-state index in [-0.39, 0.29) is 39.3 Å². The molecule has 0 amide bonds. The summed E-state index contributed by atoms with van der Waals surface area (Å²) >= 11 is 0. The van der Waals surface area contributed by atoms with Gasteiger partial charge in [0.1, 0.15) is 0 Å². The summed E-state index contributed by atoms with van der Waals surface area (Å²) in [5.74, 6) is 0. The Morgan fingerprint density at radius 1 is 0.330 bits per heavy atom. The highest BCUT2D eigenvalue weighted by atomic mass is 15.3. The van der Waals surface area contributed by atoms with Crippen molar-refractivity contribution < 1.29 is 0 Å². The lowest BCUT2D eigenvalue weighted by Gasteiger charge is -2.51. The standard InChI is InChI=1S/C84H86BN3/c1-79(2,3)61-36-32-56(33-37-61)59-35-43-73-68(48-59)83(13)46-24-25-47-84(83,14)88(73)65-53-76-78-77(54-65)87(72-45-40-63(81(7,8)9)51-67(72)58-30-22-17-23-31-58)75-52-64(82(10,11)12)38-42-70(75)85(78)69-41-34-60(55-26-18-15-19-27-55)49-74(69)86(76)71-44-39-62(80(4,5)6)50-66(71)57-28-20-16-21-29-57/h15-23,26-45,48-54H,24-25,46-47H2,1-14H3. The van der Waals surface area contributed by atoms with Gasteiger partial charge in [0, 0.05) is 50.7 Å². The van der Waals surface area contributed by atoms with Crippen molar-refractivity contribution in [1.82, 2.24) is 0 Å². The molecule has 0 N–H and O–H groups in total. The Morgan fingerprint density at radius 2 is 0.727 bits per heavy atom. The summed E-state index contributed by atoms with van der Waals surface area (Å²) in [5.41, 5.74) is 29.7. The molecule has 0 aromatic heterocycles.